The standard InChI is InChI=1S/C16H14BrN3O2S2/c1-11-2-8-14(9-3-11)24(21,22)20-19-16-18-15(10-23-16)12-4-6-13(17)7-5-12/h2-10,20H,1H3,(H,18,19). The molecule has 3 aromatic rings. The van der Waals surface area contributed by atoms with Gasteiger partial charge in [-0.05, 0) is 31.2 Å². The summed E-state index contributed by atoms with van der Waals surface area (Å²) in [6.07, 6.45) is 0. The van der Waals surface area contributed by atoms with Crippen molar-refractivity contribution in [3.8, 4) is 11.3 Å². The fourth-order valence-electron chi connectivity index (χ4n) is 1.97. The summed E-state index contributed by atoms with van der Waals surface area (Å²) in [6, 6.07) is 14.4. The first kappa shape index (κ1) is 17.1. The minimum absolute atomic E-state index is 0.199. The van der Waals surface area contributed by atoms with Crippen LogP contribution < -0.4 is 10.3 Å². The highest BCUT2D eigenvalue weighted by atomic mass is 79.9. The van der Waals surface area contributed by atoms with Crippen molar-refractivity contribution in [3.63, 3.8) is 0 Å². The summed E-state index contributed by atoms with van der Waals surface area (Å²) in [4.78, 5) is 6.93. The minimum Gasteiger partial charge on any atom is -0.283 e. The number of benzene rings is 2. The van der Waals surface area contributed by atoms with Crippen LogP contribution in [0.5, 0.6) is 0 Å². The van der Waals surface area contributed by atoms with E-state index in [1.54, 1.807) is 24.3 Å². The van der Waals surface area contributed by atoms with Gasteiger partial charge in [0.05, 0.1) is 10.6 Å². The maximum Gasteiger partial charge on any atom is 0.257 e. The quantitative estimate of drug-likeness (QED) is 0.603. The largest absolute Gasteiger partial charge is 0.283 e. The fraction of sp³-hybridized carbons (Fsp3) is 0.0625. The molecule has 3 rings (SSSR count). The van der Waals surface area contributed by atoms with Crippen LogP contribution in [0.15, 0.2) is 63.3 Å². The molecule has 0 saturated carbocycles. The number of sulfonamides is 1. The minimum atomic E-state index is -3.64. The predicted octanol–water partition coefficient (Wildman–Crippen LogP) is 4.19. The molecule has 0 bridgehead atoms. The number of halogens is 1. The van der Waals surface area contributed by atoms with Gasteiger partial charge in [-0.15, -0.1) is 16.2 Å². The number of aryl methyl sites for hydroxylation is 1. The lowest BCUT2D eigenvalue weighted by Gasteiger charge is -2.07. The van der Waals surface area contributed by atoms with E-state index in [4.69, 9.17) is 0 Å². The Kier molecular flexibility index (Phi) is 5.00. The number of rotatable bonds is 5. The van der Waals surface area contributed by atoms with E-state index in [1.165, 1.54) is 11.3 Å². The highest BCUT2D eigenvalue weighted by molar-refractivity contribution is 9.10. The lowest BCUT2D eigenvalue weighted by Crippen LogP contribution is -2.29. The van der Waals surface area contributed by atoms with E-state index in [0.717, 1.165) is 21.3 Å². The Balaban J connectivity index is 1.71. The SMILES string of the molecule is Cc1ccc(S(=O)(=O)NNc2nc(-c3ccc(Br)cc3)cs2)cc1. The van der Waals surface area contributed by atoms with Crippen molar-refractivity contribution in [2.75, 3.05) is 5.43 Å². The van der Waals surface area contributed by atoms with Gasteiger partial charge in [-0.25, -0.2) is 13.4 Å². The van der Waals surface area contributed by atoms with Crippen molar-refractivity contribution in [3.05, 3.63) is 63.9 Å². The Morgan fingerprint density at radius 3 is 2.38 bits per heavy atom. The molecular weight excluding hydrogens is 410 g/mol. The average molecular weight is 424 g/mol. The second kappa shape index (κ2) is 7.02. The number of anilines is 1. The van der Waals surface area contributed by atoms with Crippen LogP contribution in [-0.2, 0) is 10.0 Å². The first-order chi connectivity index (χ1) is 11.4. The molecule has 5 nitrogen and oxygen atoms in total. The van der Waals surface area contributed by atoms with E-state index in [0.29, 0.717) is 5.13 Å². The normalized spacial score (nSPS) is 11.4. The van der Waals surface area contributed by atoms with Crippen LogP contribution in [-0.4, -0.2) is 13.4 Å². The van der Waals surface area contributed by atoms with Gasteiger partial charge in [0.2, 0.25) is 0 Å². The van der Waals surface area contributed by atoms with Crippen LogP contribution in [0, 0.1) is 6.92 Å². The maximum absolute atomic E-state index is 12.2. The second-order valence-corrected chi connectivity index (χ2v) is 8.54. The van der Waals surface area contributed by atoms with Gasteiger partial charge in [0.25, 0.3) is 10.0 Å². The van der Waals surface area contributed by atoms with Gasteiger partial charge in [-0.3, -0.25) is 5.43 Å². The second-order valence-electron chi connectivity index (χ2n) is 5.09. The summed E-state index contributed by atoms with van der Waals surface area (Å²) in [5.41, 5.74) is 5.40. The van der Waals surface area contributed by atoms with Gasteiger partial charge >= 0.3 is 0 Å². The highest BCUT2D eigenvalue weighted by Gasteiger charge is 2.14. The molecule has 0 radical (unpaired) electrons. The third-order valence-electron chi connectivity index (χ3n) is 3.27. The molecule has 1 aromatic heterocycles. The van der Waals surface area contributed by atoms with Crippen LogP contribution in [0.25, 0.3) is 11.3 Å². The molecule has 0 aliphatic heterocycles. The molecule has 0 fully saturated rings. The van der Waals surface area contributed by atoms with Crippen LogP contribution in [0.2, 0.25) is 0 Å². The van der Waals surface area contributed by atoms with Gasteiger partial charge in [0.15, 0.2) is 5.13 Å². The first-order valence-electron chi connectivity index (χ1n) is 7.00. The number of hydrogen-bond acceptors (Lipinski definition) is 5. The summed E-state index contributed by atoms with van der Waals surface area (Å²) in [7, 11) is -3.64. The third-order valence-corrected chi connectivity index (χ3v) is 5.82. The summed E-state index contributed by atoms with van der Waals surface area (Å²) in [6.45, 7) is 1.90. The smallest absolute Gasteiger partial charge is 0.257 e. The van der Waals surface area contributed by atoms with Crippen LogP contribution >= 0.6 is 27.3 Å². The van der Waals surface area contributed by atoms with Crippen molar-refractivity contribution in [2.24, 2.45) is 0 Å². The molecule has 0 atom stereocenters. The molecule has 0 spiro atoms. The molecule has 2 N–H and O–H groups in total. The van der Waals surface area contributed by atoms with Gasteiger partial charge in [-0.2, -0.15) is 0 Å². The summed E-state index contributed by atoms with van der Waals surface area (Å²) < 4.78 is 25.4. The molecule has 1 heterocycles. The van der Waals surface area contributed by atoms with Gasteiger partial charge in [0.1, 0.15) is 0 Å². The topological polar surface area (TPSA) is 71.1 Å². The number of nitrogens with zero attached hydrogens (tertiary/aromatic N) is 1. The summed E-state index contributed by atoms with van der Waals surface area (Å²) in [5, 5.41) is 2.34. The van der Waals surface area contributed by atoms with Crippen molar-refractivity contribution < 1.29 is 8.42 Å². The van der Waals surface area contributed by atoms with Gasteiger partial charge < -0.3 is 0 Å². The lowest BCUT2D eigenvalue weighted by atomic mass is 10.2. The molecule has 0 unspecified atom stereocenters. The molecule has 24 heavy (non-hydrogen) atoms. The lowest BCUT2D eigenvalue weighted by molar-refractivity contribution is 0.587. The summed E-state index contributed by atoms with van der Waals surface area (Å²) >= 11 is 4.72. The number of hydrogen-bond donors (Lipinski definition) is 2. The Morgan fingerprint density at radius 2 is 1.71 bits per heavy atom. The molecule has 0 aliphatic carbocycles. The van der Waals surface area contributed by atoms with Crippen molar-refractivity contribution in [2.45, 2.75) is 11.8 Å². The van der Waals surface area contributed by atoms with Crippen molar-refractivity contribution in [1.29, 1.82) is 0 Å². The molecule has 0 amide bonds. The van der Waals surface area contributed by atoms with Crippen molar-refractivity contribution >= 4 is 42.4 Å². The molecule has 124 valence electrons. The van der Waals surface area contributed by atoms with E-state index in [9.17, 15) is 8.42 Å². The molecular formula is C16H14BrN3O2S2. The fourth-order valence-corrected chi connectivity index (χ4v) is 3.82. The maximum atomic E-state index is 12.2. The van der Waals surface area contributed by atoms with Crippen LogP contribution in [0.4, 0.5) is 5.13 Å². The van der Waals surface area contributed by atoms with Gasteiger partial charge in [-0.1, -0.05) is 45.8 Å². The zero-order chi connectivity index (χ0) is 17.2. The Labute approximate surface area is 152 Å². The molecule has 8 heteroatoms. The average Bonchev–Trinajstić information content (AvgIpc) is 3.03. The van der Waals surface area contributed by atoms with Gasteiger partial charge in [0, 0.05) is 15.4 Å². The number of hydrazine groups is 1. The molecule has 0 aliphatic rings. The van der Waals surface area contributed by atoms with E-state index in [-0.39, 0.29) is 4.90 Å². The Bertz CT molecular complexity index is 936. The van der Waals surface area contributed by atoms with E-state index in [2.05, 4.69) is 31.2 Å². The highest BCUT2D eigenvalue weighted by Crippen LogP contribution is 2.25. The zero-order valence-corrected chi connectivity index (χ0v) is 15.9. The monoisotopic (exact) mass is 423 g/mol. The molecule has 2 aromatic carbocycles. The number of aromatic nitrogens is 1. The molecule has 0 saturated heterocycles. The first-order valence-corrected chi connectivity index (χ1v) is 10.2. The van der Waals surface area contributed by atoms with E-state index < -0.39 is 10.0 Å². The Hall–Kier alpha value is -1.74. The summed E-state index contributed by atoms with van der Waals surface area (Å²) in [5.74, 6) is 0. The van der Waals surface area contributed by atoms with E-state index in [1.807, 2.05) is 36.6 Å². The Morgan fingerprint density at radius 1 is 1.04 bits per heavy atom. The number of thiazole rings is 1. The zero-order valence-electron chi connectivity index (χ0n) is 12.7. The predicted molar refractivity (Wildman–Crippen MR) is 100 cm³/mol. The third kappa shape index (κ3) is 4.02. The van der Waals surface area contributed by atoms with Crippen molar-refractivity contribution in [1.82, 2.24) is 9.82 Å². The van der Waals surface area contributed by atoms with Crippen LogP contribution in [0.1, 0.15) is 5.56 Å². The van der Waals surface area contributed by atoms with E-state index >= 15 is 0 Å². The van der Waals surface area contributed by atoms with Crippen LogP contribution in [0.3, 0.4) is 0 Å². The number of nitrogens with one attached hydrogen (secondary N) is 2.